The Kier molecular flexibility index (Phi) is 4.60. The minimum absolute atomic E-state index is 0. The molecule has 0 unspecified atom stereocenters. The van der Waals surface area contributed by atoms with Gasteiger partial charge in [0.2, 0.25) is 0 Å². The van der Waals surface area contributed by atoms with E-state index in [-0.39, 0.29) is 27.3 Å². The zero-order valence-electron chi connectivity index (χ0n) is 8.09. The molecule has 0 bridgehead atoms. The summed E-state index contributed by atoms with van der Waals surface area (Å²) in [5.41, 5.74) is 3.20. The molecule has 0 aromatic heterocycles. The maximum atomic E-state index is 10.8. The molecule has 67 valence electrons. The van der Waals surface area contributed by atoms with Crippen LogP contribution >= 0.6 is 0 Å². The second-order valence-corrected chi connectivity index (χ2v) is 3.08. The van der Waals surface area contributed by atoms with E-state index in [1.165, 1.54) is 0 Å². The maximum Gasteiger partial charge on any atom is 0.336 e. The summed E-state index contributed by atoms with van der Waals surface area (Å²) in [4.78, 5) is 10.8. The monoisotopic (exact) mass is 369 g/mol. The summed E-state index contributed by atoms with van der Waals surface area (Å²) in [6, 6.07) is 3.77. The van der Waals surface area contributed by atoms with Gasteiger partial charge >= 0.3 is 5.97 Å². The molecular formula is C10H12O2Tl. The first-order chi connectivity index (χ1) is 5.52. The van der Waals surface area contributed by atoms with Crippen LogP contribution in [0.4, 0.5) is 0 Å². The molecule has 1 aromatic carbocycles. The Morgan fingerprint density at radius 3 is 1.85 bits per heavy atom. The van der Waals surface area contributed by atoms with Gasteiger partial charge in [-0.05, 0) is 31.9 Å². The second kappa shape index (κ2) is 4.74. The molecular weight excluding hydrogens is 356 g/mol. The number of carboxylic acids is 1. The summed E-state index contributed by atoms with van der Waals surface area (Å²) >= 11 is 0. The molecule has 0 fully saturated rings. The molecule has 0 saturated heterocycles. The fourth-order valence-electron chi connectivity index (χ4n) is 1.52. The third-order valence-electron chi connectivity index (χ3n) is 1.89. The van der Waals surface area contributed by atoms with E-state index in [2.05, 4.69) is 0 Å². The predicted octanol–water partition coefficient (Wildman–Crippen LogP) is 1.93. The minimum atomic E-state index is -0.843. The van der Waals surface area contributed by atoms with Crippen LogP contribution < -0.4 is 0 Å². The number of aryl methyl sites for hydroxylation is 3. The molecule has 0 aliphatic heterocycles. The minimum Gasteiger partial charge on any atom is -0.478 e. The van der Waals surface area contributed by atoms with Crippen LogP contribution in [0.1, 0.15) is 27.0 Å². The molecule has 0 saturated carbocycles. The van der Waals surface area contributed by atoms with E-state index >= 15 is 0 Å². The van der Waals surface area contributed by atoms with Crippen molar-refractivity contribution >= 4 is 33.3 Å². The maximum absolute atomic E-state index is 10.8. The third kappa shape index (κ3) is 2.79. The number of carbonyl (C=O) groups is 1. The molecule has 1 radical (unpaired) electrons. The molecule has 1 rings (SSSR count). The van der Waals surface area contributed by atoms with Crippen LogP contribution in [0.5, 0.6) is 0 Å². The smallest absolute Gasteiger partial charge is 0.336 e. The van der Waals surface area contributed by atoms with Gasteiger partial charge in [-0.25, -0.2) is 4.79 Å². The Morgan fingerprint density at radius 1 is 1.15 bits per heavy atom. The van der Waals surface area contributed by atoms with Gasteiger partial charge in [-0.15, -0.1) is 0 Å². The number of hydrogen-bond acceptors (Lipinski definition) is 1. The summed E-state index contributed by atoms with van der Waals surface area (Å²) < 4.78 is 0. The van der Waals surface area contributed by atoms with Gasteiger partial charge in [0.25, 0.3) is 0 Å². The summed E-state index contributed by atoms with van der Waals surface area (Å²) in [6.45, 7) is 5.61. The van der Waals surface area contributed by atoms with Crippen LogP contribution in [0.3, 0.4) is 0 Å². The Morgan fingerprint density at radius 2 is 1.54 bits per heavy atom. The fourth-order valence-corrected chi connectivity index (χ4v) is 1.52. The van der Waals surface area contributed by atoms with Gasteiger partial charge in [0.1, 0.15) is 0 Å². The molecule has 13 heavy (non-hydrogen) atoms. The summed E-state index contributed by atoms with van der Waals surface area (Å²) in [7, 11) is 0. The summed E-state index contributed by atoms with van der Waals surface area (Å²) in [5.74, 6) is -0.843. The average Bonchev–Trinajstić information content (AvgIpc) is 1.82. The molecule has 1 aromatic rings. The fraction of sp³-hybridized carbons (Fsp3) is 0.300. The van der Waals surface area contributed by atoms with Crippen molar-refractivity contribution in [3.05, 3.63) is 34.4 Å². The van der Waals surface area contributed by atoms with Crippen LogP contribution in [0.15, 0.2) is 12.1 Å². The van der Waals surface area contributed by atoms with Gasteiger partial charge in [-0.1, -0.05) is 17.7 Å². The van der Waals surface area contributed by atoms with Gasteiger partial charge in [-0.2, -0.15) is 0 Å². The van der Waals surface area contributed by atoms with Crippen molar-refractivity contribution in [3.63, 3.8) is 0 Å². The van der Waals surface area contributed by atoms with E-state index in [9.17, 15) is 4.79 Å². The van der Waals surface area contributed by atoms with E-state index < -0.39 is 5.97 Å². The number of carboxylic acid groups (broad SMARTS) is 1. The van der Waals surface area contributed by atoms with Gasteiger partial charge in [-0.3, -0.25) is 0 Å². The van der Waals surface area contributed by atoms with Crippen molar-refractivity contribution in [2.75, 3.05) is 0 Å². The molecule has 2 nitrogen and oxygen atoms in total. The van der Waals surface area contributed by atoms with E-state index in [4.69, 9.17) is 5.11 Å². The van der Waals surface area contributed by atoms with Gasteiger partial charge < -0.3 is 5.11 Å². The second-order valence-electron chi connectivity index (χ2n) is 3.08. The molecule has 0 atom stereocenters. The Bertz CT molecular complexity index is 309. The SMILES string of the molecule is Cc1cc(C)c(C(=O)O)c(C)c1.[Tl]. The van der Waals surface area contributed by atoms with Crippen molar-refractivity contribution < 1.29 is 9.90 Å². The van der Waals surface area contributed by atoms with Crippen LogP contribution in [0, 0.1) is 20.8 Å². The molecule has 1 N–H and O–H groups in total. The zero-order valence-corrected chi connectivity index (χ0v) is 12.6. The molecule has 0 spiro atoms. The normalized spacial score (nSPS) is 9.15. The van der Waals surface area contributed by atoms with E-state index in [1.54, 1.807) is 0 Å². The van der Waals surface area contributed by atoms with Gasteiger partial charge in [0, 0.05) is 27.3 Å². The summed E-state index contributed by atoms with van der Waals surface area (Å²) in [5, 5.41) is 8.84. The first-order valence-electron chi connectivity index (χ1n) is 3.83. The average molecular weight is 369 g/mol. The topological polar surface area (TPSA) is 37.3 Å². The van der Waals surface area contributed by atoms with Crippen molar-refractivity contribution in [2.45, 2.75) is 20.8 Å². The largest absolute Gasteiger partial charge is 0.478 e. The van der Waals surface area contributed by atoms with Crippen LogP contribution in [0.2, 0.25) is 0 Å². The van der Waals surface area contributed by atoms with Crippen molar-refractivity contribution in [1.82, 2.24) is 0 Å². The van der Waals surface area contributed by atoms with E-state index in [0.29, 0.717) is 5.56 Å². The van der Waals surface area contributed by atoms with Gasteiger partial charge in [0.15, 0.2) is 0 Å². The van der Waals surface area contributed by atoms with Gasteiger partial charge in [0.05, 0.1) is 5.56 Å². The van der Waals surface area contributed by atoms with Crippen molar-refractivity contribution in [1.29, 1.82) is 0 Å². The van der Waals surface area contributed by atoms with Crippen LogP contribution in [-0.4, -0.2) is 38.4 Å². The third-order valence-corrected chi connectivity index (χ3v) is 1.89. The number of benzene rings is 1. The van der Waals surface area contributed by atoms with Crippen LogP contribution in [-0.2, 0) is 0 Å². The number of rotatable bonds is 1. The standard InChI is InChI=1S/C10H12O2.Tl/c1-6-4-7(2)9(10(11)12)8(3)5-6;/h4-5H,1-3H3,(H,11,12);. The van der Waals surface area contributed by atoms with Crippen molar-refractivity contribution in [3.8, 4) is 0 Å². The number of hydrogen-bond donors (Lipinski definition) is 1. The molecule has 0 aliphatic rings. The molecule has 0 amide bonds. The Balaban J connectivity index is 0.00000144. The first-order valence-corrected chi connectivity index (χ1v) is 3.83. The van der Waals surface area contributed by atoms with Crippen molar-refractivity contribution in [2.24, 2.45) is 0 Å². The molecule has 0 aliphatic carbocycles. The molecule has 0 heterocycles. The number of aromatic carboxylic acids is 1. The predicted molar refractivity (Wildman–Crippen MR) is 53.4 cm³/mol. The van der Waals surface area contributed by atoms with Crippen LogP contribution in [0.25, 0.3) is 0 Å². The Labute approximate surface area is 98.1 Å². The van der Waals surface area contributed by atoms with E-state index in [1.807, 2.05) is 32.9 Å². The summed E-state index contributed by atoms with van der Waals surface area (Å²) in [6.07, 6.45) is 0. The first kappa shape index (κ1) is 12.6. The molecule has 3 heteroatoms. The Hall–Kier alpha value is -0.388. The van der Waals surface area contributed by atoms with E-state index in [0.717, 1.165) is 16.7 Å². The quantitative estimate of drug-likeness (QED) is 0.769. The zero-order chi connectivity index (χ0) is 9.30.